The zero-order chi connectivity index (χ0) is 13.9. The Morgan fingerprint density at radius 2 is 2.20 bits per heavy atom. The largest absolute Gasteiger partial charge is 0.411 e. The number of nitrogens with zero attached hydrogens (tertiary/aromatic N) is 2. The van der Waals surface area contributed by atoms with Crippen molar-refractivity contribution < 1.29 is 9.21 Å². The summed E-state index contributed by atoms with van der Waals surface area (Å²) in [6, 6.07) is 7.26. The highest BCUT2D eigenvalue weighted by Gasteiger charge is 2.25. The number of ketones is 1. The first-order valence-corrected chi connectivity index (χ1v) is 7.77. The molecular formula is C14H13ClN2O2S. The molecule has 2 aromatic rings. The van der Waals surface area contributed by atoms with Crippen molar-refractivity contribution in [1.29, 1.82) is 0 Å². The van der Waals surface area contributed by atoms with Gasteiger partial charge in [0.1, 0.15) is 5.78 Å². The van der Waals surface area contributed by atoms with Crippen molar-refractivity contribution in [2.75, 3.05) is 0 Å². The van der Waals surface area contributed by atoms with Gasteiger partial charge < -0.3 is 4.42 Å². The first-order valence-electron chi connectivity index (χ1n) is 6.51. The smallest absolute Gasteiger partial charge is 0.277 e. The molecule has 1 aliphatic rings. The molecule has 1 saturated carbocycles. The standard InChI is InChI=1S/C14H13ClN2O2S/c15-10-5-3-4-9(8-10)13-16-17-14(19-13)20-12-7-2-1-6-11(12)18/h3-5,8,12H,1-2,6-7H2/t12-/m0/s1. The number of benzene rings is 1. The SMILES string of the molecule is O=C1CCCC[C@@H]1Sc1nnc(-c2cccc(Cl)c2)o1. The molecule has 1 fully saturated rings. The second kappa shape index (κ2) is 5.97. The van der Waals surface area contributed by atoms with Crippen LogP contribution in [-0.2, 0) is 4.79 Å². The van der Waals surface area contributed by atoms with Crippen LogP contribution in [0, 0.1) is 0 Å². The highest BCUT2D eigenvalue weighted by molar-refractivity contribution is 8.00. The van der Waals surface area contributed by atoms with Gasteiger partial charge in [-0.2, -0.15) is 0 Å². The second-order valence-electron chi connectivity index (χ2n) is 4.70. The second-order valence-corrected chi connectivity index (χ2v) is 6.29. The van der Waals surface area contributed by atoms with Crippen molar-refractivity contribution in [2.24, 2.45) is 0 Å². The van der Waals surface area contributed by atoms with E-state index in [1.54, 1.807) is 12.1 Å². The molecule has 4 nitrogen and oxygen atoms in total. The van der Waals surface area contributed by atoms with Crippen molar-refractivity contribution >= 4 is 29.1 Å². The number of rotatable bonds is 3. The van der Waals surface area contributed by atoms with E-state index >= 15 is 0 Å². The topological polar surface area (TPSA) is 56.0 Å². The minimum Gasteiger partial charge on any atom is -0.411 e. The number of carbonyl (C=O) groups excluding carboxylic acids is 1. The van der Waals surface area contributed by atoms with Gasteiger partial charge in [0.15, 0.2) is 0 Å². The number of thioether (sulfide) groups is 1. The maximum atomic E-state index is 11.8. The molecule has 104 valence electrons. The Kier molecular flexibility index (Phi) is 4.08. The Morgan fingerprint density at radius 1 is 1.30 bits per heavy atom. The first kappa shape index (κ1) is 13.6. The first-order chi connectivity index (χ1) is 9.72. The Morgan fingerprint density at radius 3 is 3.00 bits per heavy atom. The number of Topliss-reactive ketones (excluding diaryl/α,β-unsaturated/α-hetero) is 1. The van der Waals surface area contributed by atoms with Gasteiger partial charge in [-0.25, -0.2) is 0 Å². The zero-order valence-corrected chi connectivity index (χ0v) is 12.3. The fourth-order valence-corrected chi connectivity index (χ4v) is 3.38. The van der Waals surface area contributed by atoms with E-state index in [9.17, 15) is 4.79 Å². The Balaban J connectivity index is 1.75. The van der Waals surface area contributed by atoms with Gasteiger partial charge >= 0.3 is 0 Å². The molecule has 0 saturated heterocycles. The molecule has 3 rings (SSSR count). The molecule has 1 aromatic carbocycles. The fraction of sp³-hybridized carbons (Fsp3) is 0.357. The van der Waals surface area contributed by atoms with E-state index in [0.717, 1.165) is 24.8 Å². The van der Waals surface area contributed by atoms with E-state index in [0.29, 0.717) is 22.6 Å². The lowest BCUT2D eigenvalue weighted by Crippen LogP contribution is -2.21. The summed E-state index contributed by atoms with van der Waals surface area (Å²) >= 11 is 7.31. The van der Waals surface area contributed by atoms with Crippen molar-refractivity contribution in [2.45, 2.75) is 36.2 Å². The van der Waals surface area contributed by atoms with Crippen LogP contribution >= 0.6 is 23.4 Å². The van der Waals surface area contributed by atoms with E-state index in [1.807, 2.05) is 12.1 Å². The third-order valence-electron chi connectivity index (χ3n) is 3.22. The Labute approximate surface area is 125 Å². The van der Waals surface area contributed by atoms with Crippen LogP contribution < -0.4 is 0 Å². The normalized spacial score (nSPS) is 19.2. The van der Waals surface area contributed by atoms with Crippen LogP contribution in [0.1, 0.15) is 25.7 Å². The maximum Gasteiger partial charge on any atom is 0.277 e. The predicted octanol–water partition coefficient (Wildman–Crippen LogP) is 3.99. The third kappa shape index (κ3) is 3.04. The molecule has 0 aliphatic heterocycles. The molecule has 1 aromatic heterocycles. The maximum absolute atomic E-state index is 11.8. The third-order valence-corrected chi connectivity index (χ3v) is 4.60. The predicted molar refractivity (Wildman–Crippen MR) is 77.9 cm³/mol. The van der Waals surface area contributed by atoms with Crippen molar-refractivity contribution in [1.82, 2.24) is 10.2 Å². The van der Waals surface area contributed by atoms with Gasteiger partial charge in [-0.05, 0) is 31.0 Å². The molecule has 1 atom stereocenters. The number of halogens is 1. The minimum absolute atomic E-state index is 0.0450. The van der Waals surface area contributed by atoms with Crippen LogP contribution in [-0.4, -0.2) is 21.2 Å². The van der Waals surface area contributed by atoms with E-state index in [-0.39, 0.29) is 11.0 Å². The van der Waals surface area contributed by atoms with Crippen LogP contribution in [0.3, 0.4) is 0 Å². The Hall–Kier alpha value is -1.33. The van der Waals surface area contributed by atoms with Gasteiger partial charge in [-0.3, -0.25) is 4.79 Å². The van der Waals surface area contributed by atoms with Gasteiger partial charge in [-0.15, -0.1) is 10.2 Å². The summed E-state index contributed by atoms with van der Waals surface area (Å²) in [6.45, 7) is 0. The number of carbonyl (C=O) groups is 1. The van der Waals surface area contributed by atoms with E-state index < -0.39 is 0 Å². The quantitative estimate of drug-likeness (QED) is 0.858. The lowest BCUT2D eigenvalue weighted by Gasteiger charge is -2.17. The summed E-state index contributed by atoms with van der Waals surface area (Å²) in [5.74, 6) is 0.710. The summed E-state index contributed by atoms with van der Waals surface area (Å²) in [7, 11) is 0. The van der Waals surface area contributed by atoms with Gasteiger partial charge in [0.2, 0.25) is 5.89 Å². The number of aromatic nitrogens is 2. The van der Waals surface area contributed by atoms with Gasteiger partial charge in [0.05, 0.1) is 5.25 Å². The molecule has 6 heteroatoms. The molecule has 0 N–H and O–H groups in total. The Bertz CT molecular complexity index is 629. The van der Waals surface area contributed by atoms with Crippen LogP contribution in [0.4, 0.5) is 0 Å². The summed E-state index contributed by atoms with van der Waals surface area (Å²) in [5, 5.41) is 9.03. The van der Waals surface area contributed by atoms with Crippen LogP contribution in [0.2, 0.25) is 5.02 Å². The molecule has 0 radical (unpaired) electrons. The highest BCUT2D eigenvalue weighted by atomic mass is 35.5. The molecule has 1 heterocycles. The minimum atomic E-state index is -0.0450. The van der Waals surface area contributed by atoms with E-state index in [2.05, 4.69) is 10.2 Å². The summed E-state index contributed by atoms with van der Waals surface area (Å²) in [5.41, 5.74) is 0.784. The van der Waals surface area contributed by atoms with Gasteiger partial charge in [0.25, 0.3) is 5.22 Å². The summed E-state index contributed by atoms with van der Waals surface area (Å²) in [4.78, 5) is 11.8. The fourth-order valence-electron chi connectivity index (χ4n) is 2.19. The molecular weight excluding hydrogens is 296 g/mol. The van der Waals surface area contributed by atoms with Gasteiger partial charge in [-0.1, -0.05) is 35.9 Å². The van der Waals surface area contributed by atoms with Crippen LogP contribution in [0.5, 0.6) is 0 Å². The molecule has 0 unspecified atom stereocenters. The van der Waals surface area contributed by atoms with E-state index in [4.69, 9.17) is 16.0 Å². The van der Waals surface area contributed by atoms with Crippen LogP contribution in [0.15, 0.2) is 33.9 Å². The molecule has 0 bridgehead atoms. The molecule has 1 aliphatic carbocycles. The van der Waals surface area contributed by atoms with Crippen molar-refractivity contribution in [3.8, 4) is 11.5 Å². The summed E-state index contributed by atoms with van der Waals surface area (Å²) in [6.07, 6.45) is 3.62. The van der Waals surface area contributed by atoms with Crippen molar-refractivity contribution in [3.05, 3.63) is 29.3 Å². The van der Waals surface area contributed by atoms with Crippen LogP contribution in [0.25, 0.3) is 11.5 Å². The summed E-state index contributed by atoms with van der Waals surface area (Å²) < 4.78 is 5.61. The number of hydrogen-bond donors (Lipinski definition) is 0. The lowest BCUT2D eigenvalue weighted by molar-refractivity contribution is -0.119. The average Bonchev–Trinajstić information content (AvgIpc) is 2.90. The van der Waals surface area contributed by atoms with Gasteiger partial charge in [0, 0.05) is 17.0 Å². The molecule has 20 heavy (non-hydrogen) atoms. The van der Waals surface area contributed by atoms with E-state index in [1.165, 1.54) is 11.8 Å². The lowest BCUT2D eigenvalue weighted by atomic mass is 9.99. The average molecular weight is 309 g/mol. The number of hydrogen-bond acceptors (Lipinski definition) is 5. The molecule has 0 spiro atoms. The highest BCUT2D eigenvalue weighted by Crippen LogP contribution is 2.32. The molecule has 0 amide bonds. The monoisotopic (exact) mass is 308 g/mol. The van der Waals surface area contributed by atoms with Crippen molar-refractivity contribution in [3.63, 3.8) is 0 Å². The zero-order valence-electron chi connectivity index (χ0n) is 10.7.